The fourth-order valence-electron chi connectivity index (χ4n) is 6.26. The Morgan fingerprint density at radius 3 is 1.12 bits per heavy atom. The van der Waals surface area contributed by atoms with Crippen molar-refractivity contribution in [3.05, 3.63) is 114 Å². The van der Waals surface area contributed by atoms with Gasteiger partial charge in [0.05, 0.1) is 5.69 Å². The average Bonchev–Trinajstić information content (AvgIpc) is 3.64. The molecule has 0 atom stereocenters. The Morgan fingerprint density at radius 2 is 0.807 bits per heavy atom. The third kappa shape index (κ3) is 12.0. The van der Waals surface area contributed by atoms with Crippen LogP contribution in [0.1, 0.15) is 100 Å². The zero-order chi connectivity index (χ0) is 43.3. The van der Waals surface area contributed by atoms with E-state index in [1.165, 1.54) is 53.1 Å². The number of hydrogen-bond donors (Lipinski definition) is 0. The predicted octanol–water partition coefficient (Wildman–Crippen LogP) is 10.7. The number of aryl methyl sites for hydroxylation is 1. The van der Waals surface area contributed by atoms with Gasteiger partial charge in [-0.1, -0.05) is 158 Å². The highest BCUT2D eigenvalue weighted by Gasteiger charge is 2.78. The number of para-hydroxylation sites is 1. The molecule has 9 nitrogen and oxygen atoms in total. The highest BCUT2D eigenvalue weighted by atomic mass is 16.2. The van der Waals surface area contributed by atoms with E-state index in [-0.39, 0.29) is 5.66 Å². The van der Waals surface area contributed by atoms with Crippen LogP contribution in [0.5, 0.6) is 0 Å². The molecule has 4 amide bonds. The fraction of sp³-hybridized carbons (Fsp3) is 0.396. The molecule has 9 rings (SSSR count). The normalized spacial score (nSPS) is 16.0. The van der Waals surface area contributed by atoms with Crippen molar-refractivity contribution in [2.24, 2.45) is 20.4 Å². The first kappa shape index (κ1) is 49.4. The number of carbonyl (C=O) groups excluding carboxylic acids is 4. The molecule has 9 heteroatoms. The summed E-state index contributed by atoms with van der Waals surface area (Å²) in [5, 5.41) is 2.62. The minimum absolute atomic E-state index is 0.0637. The minimum Gasteiger partial charge on any atom is -0.282 e. The van der Waals surface area contributed by atoms with Gasteiger partial charge in [-0.3, -0.25) is 44.0 Å². The van der Waals surface area contributed by atoms with Crippen molar-refractivity contribution in [3.8, 4) is 0 Å². The van der Waals surface area contributed by atoms with Gasteiger partial charge < -0.3 is 0 Å². The molecule has 57 heavy (non-hydrogen) atoms. The molecule has 0 N–H and O–H groups in total. The summed E-state index contributed by atoms with van der Waals surface area (Å²) in [7, 11) is 2.49. The van der Waals surface area contributed by atoms with E-state index < -0.39 is 29.0 Å². The van der Waals surface area contributed by atoms with Gasteiger partial charge in [-0.05, 0) is 50.1 Å². The molecule has 4 aromatic rings. The molecule has 0 unspecified atom stereocenters. The van der Waals surface area contributed by atoms with Crippen molar-refractivity contribution in [3.63, 3.8) is 0 Å². The van der Waals surface area contributed by atoms with Crippen LogP contribution in [-0.4, -0.2) is 70.3 Å². The number of benzene rings is 4. The van der Waals surface area contributed by atoms with E-state index in [9.17, 15) is 19.2 Å². The van der Waals surface area contributed by atoms with E-state index in [4.69, 9.17) is 0 Å². The van der Waals surface area contributed by atoms with Gasteiger partial charge in [-0.2, -0.15) is 0 Å². The molecular weight excluding hydrogens is 711 g/mol. The molecule has 306 valence electrons. The van der Waals surface area contributed by atoms with E-state index in [1.807, 2.05) is 79.7 Å². The molecule has 5 aliphatic heterocycles. The van der Waals surface area contributed by atoms with Crippen LogP contribution in [0.3, 0.4) is 0 Å². The van der Waals surface area contributed by atoms with Crippen molar-refractivity contribution in [2.75, 3.05) is 14.1 Å². The van der Waals surface area contributed by atoms with Crippen molar-refractivity contribution >= 4 is 57.2 Å². The highest BCUT2D eigenvalue weighted by Crippen LogP contribution is 2.43. The Balaban J connectivity index is 0.000000344. The molecule has 0 saturated carbocycles. The molecule has 4 aromatic carbocycles. The summed E-state index contributed by atoms with van der Waals surface area (Å²) in [6.45, 7) is 24.3. The molecule has 0 aliphatic carbocycles. The maximum absolute atomic E-state index is 11.2. The second-order valence-corrected chi connectivity index (χ2v) is 12.8. The van der Waals surface area contributed by atoms with Crippen molar-refractivity contribution < 1.29 is 19.2 Å². The maximum Gasteiger partial charge on any atom is 0.284 e. The Labute approximate surface area is 342 Å². The van der Waals surface area contributed by atoms with E-state index >= 15 is 0 Å². The van der Waals surface area contributed by atoms with Crippen LogP contribution in [0, 0.1) is 12.3 Å². The summed E-state index contributed by atoms with van der Waals surface area (Å²) in [5.41, 5.74) is 5.65. The first-order chi connectivity index (χ1) is 27.4. The standard InChI is InChI=1S/C10H8.C9H9N.C7H6N2O4.C7H10N2.C7H8.4C2H6/c1-2-6-10-8-4-3-7-9(10)5-1;1-7-6-8-4-2-3-5-9(8)10-7;1-8-3(10)7(4(8)11)5(12)9(2)6(7)13;1-5-3-7(8-5)4-6(2)9-7;1-7-5-3-2-4-6-7;4*1-2/h1-8H;2-5H,6H2,1H3;1-2H3;3-4H2,1-2H3;2-6H,1H3;4*1-2H3. The molecule has 2 saturated heterocycles. The number of carbonyl (C=O) groups is 4. The molecule has 2 fully saturated rings. The zero-order valence-corrected chi connectivity index (χ0v) is 36.8. The predicted molar refractivity (Wildman–Crippen MR) is 240 cm³/mol. The van der Waals surface area contributed by atoms with Crippen LogP contribution >= 0.6 is 0 Å². The monoisotopic (exact) mass is 776 g/mol. The Kier molecular flexibility index (Phi) is 21.0. The summed E-state index contributed by atoms with van der Waals surface area (Å²) in [6.07, 6.45) is 3.24. The number of likely N-dealkylation sites (tertiary alicyclic amines) is 2. The second-order valence-electron chi connectivity index (χ2n) is 12.8. The number of fused-ring (bicyclic) bond motifs is 2. The number of β-lactam (4-membered cyclic amide) rings is 4. The molecule has 5 heterocycles. The number of imide groups is 2. The minimum atomic E-state index is -1.98. The van der Waals surface area contributed by atoms with Gasteiger partial charge in [0.2, 0.25) is 0 Å². The summed E-state index contributed by atoms with van der Waals surface area (Å²) in [5.74, 6) is -2.87. The van der Waals surface area contributed by atoms with Crippen LogP contribution in [0.15, 0.2) is 118 Å². The summed E-state index contributed by atoms with van der Waals surface area (Å²) in [6, 6.07) is 35.3. The second kappa shape index (κ2) is 24.1. The van der Waals surface area contributed by atoms with Crippen LogP contribution in [0.2, 0.25) is 0 Å². The lowest BCUT2D eigenvalue weighted by molar-refractivity contribution is -0.196. The molecule has 0 aromatic heterocycles. The Bertz CT molecular complexity index is 1850. The lowest BCUT2D eigenvalue weighted by Crippen LogP contribution is -2.82. The number of hydrogen-bond acceptors (Lipinski definition) is 7. The summed E-state index contributed by atoms with van der Waals surface area (Å²) in [4.78, 5) is 59.3. The molecule has 0 bridgehead atoms. The Morgan fingerprint density at radius 1 is 0.474 bits per heavy atom. The van der Waals surface area contributed by atoms with Crippen LogP contribution < -0.4 is 0 Å². The summed E-state index contributed by atoms with van der Waals surface area (Å²) >= 11 is 0. The number of nitrogens with zero attached hydrogens (tertiary/aromatic N) is 5. The van der Waals surface area contributed by atoms with E-state index in [2.05, 4.69) is 122 Å². The molecule has 2 spiro atoms. The quantitative estimate of drug-likeness (QED) is 0.131. The highest BCUT2D eigenvalue weighted by molar-refractivity contribution is 6.52. The van der Waals surface area contributed by atoms with Gasteiger partial charge in [0.25, 0.3) is 29.0 Å². The largest absolute Gasteiger partial charge is 0.284 e. The smallest absolute Gasteiger partial charge is 0.282 e. The average molecular weight is 776 g/mol. The van der Waals surface area contributed by atoms with Gasteiger partial charge in [-0.25, -0.2) is 0 Å². The van der Waals surface area contributed by atoms with Crippen molar-refractivity contribution in [2.45, 2.75) is 108 Å². The summed E-state index contributed by atoms with van der Waals surface area (Å²) < 4.78 is 0. The first-order valence-electron chi connectivity index (χ1n) is 20.2. The zero-order valence-electron chi connectivity index (χ0n) is 36.8. The van der Waals surface area contributed by atoms with E-state index in [0.29, 0.717) is 0 Å². The lowest BCUT2D eigenvalue weighted by atomic mass is 9.69. The molecule has 0 radical (unpaired) electrons. The number of rotatable bonds is 0. The third-order valence-corrected chi connectivity index (χ3v) is 8.73. The van der Waals surface area contributed by atoms with Crippen molar-refractivity contribution in [1.29, 1.82) is 0 Å². The first-order valence-corrected chi connectivity index (χ1v) is 20.2. The van der Waals surface area contributed by atoms with Gasteiger partial charge in [-0.15, -0.1) is 0 Å². The van der Waals surface area contributed by atoms with Gasteiger partial charge in [0.1, 0.15) is 0 Å². The maximum atomic E-state index is 11.2. The van der Waals surface area contributed by atoms with Crippen LogP contribution in [0.25, 0.3) is 10.8 Å². The topological polar surface area (TPSA) is 112 Å². The molecule has 5 aliphatic rings. The van der Waals surface area contributed by atoms with Gasteiger partial charge >= 0.3 is 0 Å². The van der Waals surface area contributed by atoms with Gasteiger partial charge in [0, 0.05) is 50.5 Å². The van der Waals surface area contributed by atoms with Crippen molar-refractivity contribution in [1.82, 2.24) is 9.80 Å². The van der Waals surface area contributed by atoms with Crippen LogP contribution in [-0.2, 0) is 25.6 Å². The number of aliphatic imine (C=N–C) groups is 3. The van der Waals surface area contributed by atoms with Crippen LogP contribution in [0.4, 0.5) is 5.69 Å². The van der Waals surface area contributed by atoms with Gasteiger partial charge in [0.15, 0.2) is 5.66 Å². The fourth-order valence-corrected chi connectivity index (χ4v) is 6.26. The SMILES string of the molecule is CC.CC.CC.CC.CC1=NC2(C1)CC(C)=N2.CC1=Nc2ccccc2C1.CN1C(=O)C2(C1=O)C(=O)N(C)C2=O.Cc1ccccc1.c1ccc2ccccc2c1. The van der Waals surface area contributed by atoms with E-state index in [0.717, 1.165) is 34.7 Å². The number of amides is 4. The molecular formula is C48H65N5O4. The van der Waals surface area contributed by atoms with E-state index in [1.54, 1.807) is 0 Å². The third-order valence-electron chi connectivity index (χ3n) is 8.73. The Hall–Kier alpha value is -5.57. The lowest BCUT2D eigenvalue weighted by Gasteiger charge is -2.50.